The number of carbonyl (C=O) groups excluding carboxylic acids is 2. The Bertz CT molecular complexity index is 568. The number of benzene rings is 1. The maximum absolute atomic E-state index is 13.7. The fourth-order valence-corrected chi connectivity index (χ4v) is 1.83. The highest BCUT2D eigenvalue weighted by Gasteiger charge is 2.19. The number of esters is 1. The molecule has 0 aliphatic rings. The van der Waals surface area contributed by atoms with Crippen molar-refractivity contribution in [1.29, 1.82) is 5.26 Å². The van der Waals surface area contributed by atoms with Crippen LogP contribution in [0.1, 0.15) is 23.7 Å². The van der Waals surface area contributed by atoms with Gasteiger partial charge in [0.25, 0.3) is 0 Å². The number of Topliss-reactive ketones (excluding diaryl/α,β-unsaturated/α-hetero) is 1. The smallest absolute Gasteiger partial charge is 0.313 e. The highest BCUT2D eigenvalue weighted by molar-refractivity contribution is 9.10. The Kier molecular flexibility index (Phi) is 6.12. The van der Waals surface area contributed by atoms with Crippen molar-refractivity contribution in [2.75, 3.05) is 13.2 Å². The SMILES string of the molecule is CCOC(=O)CC(=O)c1cc(OCC#N)c(Br)cc1F. The van der Waals surface area contributed by atoms with E-state index >= 15 is 0 Å². The molecule has 106 valence electrons. The van der Waals surface area contributed by atoms with E-state index in [1.807, 2.05) is 0 Å². The van der Waals surface area contributed by atoms with E-state index in [1.54, 1.807) is 13.0 Å². The summed E-state index contributed by atoms with van der Waals surface area (Å²) in [5, 5.41) is 8.44. The van der Waals surface area contributed by atoms with Gasteiger partial charge in [-0.1, -0.05) is 0 Å². The molecule has 0 spiro atoms. The van der Waals surface area contributed by atoms with Gasteiger partial charge in [-0.05, 0) is 35.0 Å². The summed E-state index contributed by atoms with van der Waals surface area (Å²) in [6.45, 7) is 1.51. The van der Waals surface area contributed by atoms with Crippen LogP contribution in [0, 0.1) is 17.1 Å². The molecule has 5 nitrogen and oxygen atoms in total. The molecule has 0 atom stereocenters. The third-order valence-corrected chi connectivity index (χ3v) is 2.84. The minimum absolute atomic E-state index is 0.144. The van der Waals surface area contributed by atoms with Gasteiger partial charge in [0.2, 0.25) is 0 Å². The molecule has 0 aliphatic heterocycles. The number of ether oxygens (including phenoxy) is 2. The first-order valence-electron chi connectivity index (χ1n) is 5.67. The minimum Gasteiger partial charge on any atom is -0.478 e. The second-order valence-electron chi connectivity index (χ2n) is 3.61. The van der Waals surface area contributed by atoms with E-state index in [9.17, 15) is 14.0 Å². The third-order valence-electron chi connectivity index (χ3n) is 2.22. The van der Waals surface area contributed by atoms with Gasteiger partial charge in [0.05, 0.1) is 16.6 Å². The molecular weight excluding hydrogens is 333 g/mol. The fourth-order valence-electron chi connectivity index (χ4n) is 1.40. The number of hydrogen-bond acceptors (Lipinski definition) is 5. The molecule has 0 N–H and O–H groups in total. The van der Waals surface area contributed by atoms with Gasteiger partial charge < -0.3 is 9.47 Å². The lowest BCUT2D eigenvalue weighted by Gasteiger charge is -2.08. The Hall–Kier alpha value is -1.94. The maximum Gasteiger partial charge on any atom is 0.313 e. The lowest BCUT2D eigenvalue weighted by Crippen LogP contribution is -2.13. The van der Waals surface area contributed by atoms with Gasteiger partial charge in [-0.3, -0.25) is 9.59 Å². The average Bonchev–Trinajstić information content (AvgIpc) is 2.37. The van der Waals surface area contributed by atoms with Gasteiger partial charge in [0.15, 0.2) is 12.4 Å². The van der Waals surface area contributed by atoms with Crippen molar-refractivity contribution in [2.24, 2.45) is 0 Å². The summed E-state index contributed by atoms with van der Waals surface area (Å²) in [6, 6.07) is 3.96. The lowest BCUT2D eigenvalue weighted by molar-refractivity contribution is -0.141. The molecule has 0 heterocycles. The van der Waals surface area contributed by atoms with Gasteiger partial charge in [-0.15, -0.1) is 0 Å². The maximum atomic E-state index is 13.7. The summed E-state index contributed by atoms with van der Waals surface area (Å²) in [5.41, 5.74) is -0.283. The van der Waals surface area contributed by atoms with Gasteiger partial charge in [0, 0.05) is 0 Å². The standard InChI is InChI=1S/C13H11BrFNO4/c1-2-19-13(18)7-11(17)8-5-12(20-4-3-16)9(14)6-10(8)15/h5-6H,2,4,7H2,1H3. The van der Waals surface area contributed by atoms with Crippen molar-refractivity contribution >= 4 is 27.7 Å². The predicted molar refractivity (Wildman–Crippen MR) is 70.8 cm³/mol. The highest BCUT2D eigenvalue weighted by atomic mass is 79.9. The van der Waals surface area contributed by atoms with Crippen LogP contribution in [0.3, 0.4) is 0 Å². The summed E-state index contributed by atoms with van der Waals surface area (Å²) in [7, 11) is 0. The van der Waals surface area contributed by atoms with Gasteiger partial charge in [0.1, 0.15) is 24.1 Å². The Labute approximate surface area is 123 Å². The van der Waals surface area contributed by atoms with E-state index < -0.39 is 24.0 Å². The fraction of sp³-hybridized carbons (Fsp3) is 0.308. The Balaban J connectivity index is 2.96. The number of ketones is 1. The van der Waals surface area contributed by atoms with Crippen LogP contribution in [0.15, 0.2) is 16.6 Å². The van der Waals surface area contributed by atoms with E-state index in [0.717, 1.165) is 12.1 Å². The zero-order valence-electron chi connectivity index (χ0n) is 10.6. The number of rotatable bonds is 6. The van der Waals surface area contributed by atoms with Crippen LogP contribution in [0.5, 0.6) is 5.75 Å². The summed E-state index contributed by atoms with van der Waals surface area (Å²) >= 11 is 3.06. The van der Waals surface area contributed by atoms with Crippen LogP contribution in [-0.4, -0.2) is 25.0 Å². The second-order valence-corrected chi connectivity index (χ2v) is 4.47. The van der Waals surface area contributed by atoms with E-state index in [4.69, 9.17) is 10.00 Å². The first-order valence-corrected chi connectivity index (χ1v) is 6.46. The summed E-state index contributed by atoms with van der Waals surface area (Å²) in [5.74, 6) is -2.06. The topological polar surface area (TPSA) is 76.4 Å². The first-order chi connectivity index (χ1) is 9.49. The van der Waals surface area contributed by atoms with Crippen LogP contribution in [-0.2, 0) is 9.53 Å². The highest BCUT2D eigenvalue weighted by Crippen LogP contribution is 2.28. The van der Waals surface area contributed by atoms with Crippen molar-refractivity contribution in [2.45, 2.75) is 13.3 Å². The molecule has 0 fully saturated rings. The normalized spacial score (nSPS) is 9.70. The second kappa shape index (κ2) is 7.60. The molecule has 1 aromatic carbocycles. The lowest BCUT2D eigenvalue weighted by atomic mass is 10.1. The van der Waals surface area contributed by atoms with Crippen molar-refractivity contribution in [3.63, 3.8) is 0 Å². The molecule has 0 aliphatic carbocycles. The number of nitrogens with zero attached hydrogens (tertiary/aromatic N) is 1. The Morgan fingerprint density at radius 2 is 2.15 bits per heavy atom. The molecule has 0 radical (unpaired) electrons. The number of nitriles is 1. The summed E-state index contributed by atoms with van der Waals surface area (Å²) in [4.78, 5) is 23.0. The largest absolute Gasteiger partial charge is 0.478 e. The van der Waals surface area contributed by atoms with Gasteiger partial charge >= 0.3 is 5.97 Å². The predicted octanol–water partition coefficient (Wildman–Crippen LogP) is 2.63. The molecule has 7 heteroatoms. The number of carbonyl (C=O) groups is 2. The molecule has 20 heavy (non-hydrogen) atoms. The van der Waals surface area contributed by atoms with Crippen LogP contribution < -0.4 is 4.74 Å². The van der Waals surface area contributed by atoms with E-state index in [1.165, 1.54) is 0 Å². The third kappa shape index (κ3) is 4.31. The molecule has 1 rings (SSSR count). The van der Waals surface area contributed by atoms with Gasteiger partial charge in [-0.25, -0.2) is 4.39 Å². The Morgan fingerprint density at radius 1 is 1.45 bits per heavy atom. The van der Waals surface area contributed by atoms with Crippen molar-refractivity contribution in [1.82, 2.24) is 0 Å². The molecule has 0 unspecified atom stereocenters. The molecule has 1 aromatic rings. The van der Waals surface area contributed by atoms with Crippen LogP contribution in [0.2, 0.25) is 0 Å². The van der Waals surface area contributed by atoms with Crippen LogP contribution in [0.25, 0.3) is 0 Å². The summed E-state index contributed by atoms with van der Waals surface area (Å²) < 4.78 is 23.7. The van der Waals surface area contributed by atoms with Crippen molar-refractivity contribution in [3.05, 3.63) is 28.0 Å². The minimum atomic E-state index is -0.782. The van der Waals surface area contributed by atoms with Crippen molar-refractivity contribution < 1.29 is 23.5 Å². The molecule has 0 amide bonds. The number of halogens is 2. The average molecular weight is 344 g/mol. The Morgan fingerprint density at radius 3 is 2.75 bits per heavy atom. The van der Waals surface area contributed by atoms with Gasteiger partial charge in [-0.2, -0.15) is 5.26 Å². The van der Waals surface area contributed by atoms with Crippen LogP contribution in [0.4, 0.5) is 4.39 Å². The van der Waals surface area contributed by atoms with Crippen molar-refractivity contribution in [3.8, 4) is 11.8 Å². The first kappa shape index (κ1) is 16.1. The molecule has 0 saturated carbocycles. The van der Waals surface area contributed by atoms with Crippen LogP contribution >= 0.6 is 15.9 Å². The number of hydrogen-bond donors (Lipinski definition) is 0. The molecular formula is C13H11BrFNO4. The zero-order valence-corrected chi connectivity index (χ0v) is 12.2. The zero-order chi connectivity index (χ0) is 15.1. The molecule has 0 aromatic heterocycles. The quantitative estimate of drug-likeness (QED) is 0.450. The monoisotopic (exact) mass is 343 g/mol. The van der Waals surface area contributed by atoms with E-state index in [-0.39, 0.29) is 29.0 Å². The van der Waals surface area contributed by atoms with E-state index in [2.05, 4.69) is 20.7 Å². The summed E-state index contributed by atoms with van der Waals surface area (Å²) in [6.07, 6.45) is -0.552. The van der Waals surface area contributed by atoms with E-state index in [0.29, 0.717) is 0 Å². The molecule has 0 saturated heterocycles. The molecule has 0 bridgehead atoms.